The van der Waals surface area contributed by atoms with Crippen molar-refractivity contribution in [2.75, 3.05) is 0 Å². The molecule has 0 spiro atoms. The number of aryl methyl sites for hydroxylation is 2. The maximum absolute atomic E-state index is 11.5. The molecule has 0 amide bonds. The predicted molar refractivity (Wildman–Crippen MR) is 47.3 cm³/mol. The summed E-state index contributed by atoms with van der Waals surface area (Å²) in [5.74, 6) is 0. The third-order valence-corrected chi connectivity index (χ3v) is 1.90. The molecule has 0 saturated heterocycles. The van der Waals surface area contributed by atoms with Crippen molar-refractivity contribution in [3.05, 3.63) is 28.6 Å². The van der Waals surface area contributed by atoms with Gasteiger partial charge in [-0.25, -0.2) is 4.98 Å². The Morgan fingerprint density at radius 1 is 1.46 bits per heavy atom. The molecule has 5 nitrogen and oxygen atoms in total. The van der Waals surface area contributed by atoms with Crippen LogP contribution in [0.1, 0.15) is 5.69 Å². The Bertz CT molecular complexity index is 517. The Balaban J connectivity index is 3.03. The monoisotopic (exact) mass is 176 g/mol. The van der Waals surface area contributed by atoms with Crippen molar-refractivity contribution in [3.63, 3.8) is 0 Å². The van der Waals surface area contributed by atoms with Gasteiger partial charge in [0.25, 0.3) is 5.56 Å². The highest BCUT2D eigenvalue weighted by Gasteiger charge is 2.04. The van der Waals surface area contributed by atoms with Gasteiger partial charge in [0.1, 0.15) is 5.52 Å². The van der Waals surface area contributed by atoms with Crippen LogP contribution in [0.5, 0.6) is 0 Å². The van der Waals surface area contributed by atoms with Gasteiger partial charge in [-0.1, -0.05) is 0 Å². The summed E-state index contributed by atoms with van der Waals surface area (Å²) in [6, 6.07) is 0. The largest absolute Gasteiger partial charge is 0.302 e. The first kappa shape index (κ1) is 7.85. The van der Waals surface area contributed by atoms with Crippen molar-refractivity contribution < 1.29 is 0 Å². The normalized spacial score (nSPS) is 10.6. The number of rotatable bonds is 0. The fraction of sp³-hybridized carbons (Fsp3) is 0.250. The van der Waals surface area contributed by atoms with Crippen LogP contribution in [-0.2, 0) is 7.05 Å². The highest BCUT2D eigenvalue weighted by molar-refractivity contribution is 5.77. The Labute approximate surface area is 74.1 Å². The summed E-state index contributed by atoms with van der Waals surface area (Å²) in [5.41, 5.74) is 1.20. The zero-order valence-corrected chi connectivity index (χ0v) is 7.35. The van der Waals surface area contributed by atoms with Crippen LogP contribution in [0.4, 0.5) is 0 Å². The van der Waals surface area contributed by atoms with Crippen LogP contribution in [0.15, 0.2) is 17.3 Å². The lowest BCUT2D eigenvalue weighted by atomic mass is 10.3. The van der Waals surface area contributed by atoms with Crippen LogP contribution in [0.3, 0.4) is 0 Å². The fourth-order valence-corrected chi connectivity index (χ4v) is 1.18. The summed E-state index contributed by atoms with van der Waals surface area (Å²) in [6.45, 7) is 1.78. The maximum Gasteiger partial charge on any atom is 0.262 e. The van der Waals surface area contributed by atoms with Gasteiger partial charge in [0.2, 0.25) is 0 Å². The number of fused-ring (bicyclic) bond motifs is 1. The van der Waals surface area contributed by atoms with Crippen LogP contribution in [-0.4, -0.2) is 19.7 Å². The van der Waals surface area contributed by atoms with Crippen molar-refractivity contribution in [1.29, 1.82) is 0 Å². The standard InChI is InChI=1S/C8H8N4O/c1-5-7-6(3-10-11-5)8(13)12(2)4-9-7/h3-4H,1-2H3. The summed E-state index contributed by atoms with van der Waals surface area (Å²) >= 11 is 0. The summed E-state index contributed by atoms with van der Waals surface area (Å²) in [4.78, 5) is 15.6. The van der Waals surface area contributed by atoms with E-state index in [0.29, 0.717) is 16.6 Å². The molecular weight excluding hydrogens is 168 g/mol. The first-order valence-electron chi connectivity index (χ1n) is 3.84. The van der Waals surface area contributed by atoms with Gasteiger partial charge in [0, 0.05) is 7.05 Å². The zero-order valence-electron chi connectivity index (χ0n) is 7.35. The lowest BCUT2D eigenvalue weighted by Gasteiger charge is -2.00. The number of nitrogens with zero attached hydrogens (tertiary/aromatic N) is 4. The third-order valence-electron chi connectivity index (χ3n) is 1.90. The van der Waals surface area contributed by atoms with Crippen molar-refractivity contribution in [2.24, 2.45) is 7.05 Å². The Morgan fingerprint density at radius 3 is 3.00 bits per heavy atom. The van der Waals surface area contributed by atoms with Crippen LogP contribution < -0.4 is 5.56 Å². The molecule has 0 saturated carbocycles. The van der Waals surface area contributed by atoms with E-state index in [4.69, 9.17) is 0 Å². The zero-order chi connectivity index (χ0) is 9.42. The predicted octanol–water partition coefficient (Wildman–Crippen LogP) is 0.0319. The molecule has 0 radical (unpaired) electrons. The summed E-state index contributed by atoms with van der Waals surface area (Å²) in [7, 11) is 1.66. The van der Waals surface area contributed by atoms with E-state index in [1.54, 1.807) is 14.0 Å². The molecule has 0 aliphatic carbocycles. The summed E-state index contributed by atoms with van der Waals surface area (Å²) in [5, 5.41) is 8.04. The Morgan fingerprint density at radius 2 is 2.23 bits per heavy atom. The Hall–Kier alpha value is -1.78. The van der Waals surface area contributed by atoms with E-state index >= 15 is 0 Å². The average molecular weight is 176 g/mol. The molecule has 2 aromatic rings. The first-order chi connectivity index (χ1) is 6.20. The summed E-state index contributed by atoms with van der Waals surface area (Å²) in [6.07, 6.45) is 2.93. The second-order valence-corrected chi connectivity index (χ2v) is 2.85. The van der Waals surface area contributed by atoms with Gasteiger partial charge in [-0.3, -0.25) is 4.79 Å². The lowest BCUT2D eigenvalue weighted by Crippen LogP contribution is -2.17. The third kappa shape index (κ3) is 1.09. The second kappa shape index (κ2) is 2.62. The van der Waals surface area contributed by atoms with Crippen LogP contribution >= 0.6 is 0 Å². The van der Waals surface area contributed by atoms with E-state index in [2.05, 4.69) is 15.2 Å². The smallest absolute Gasteiger partial charge is 0.262 e. The maximum atomic E-state index is 11.5. The molecular formula is C8H8N4O. The van der Waals surface area contributed by atoms with E-state index in [1.807, 2.05) is 0 Å². The second-order valence-electron chi connectivity index (χ2n) is 2.85. The van der Waals surface area contributed by atoms with E-state index in [9.17, 15) is 4.79 Å². The van der Waals surface area contributed by atoms with Gasteiger partial charge < -0.3 is 4.57 Å². The van der Waals surface area contributed by atoms with Gasteiger partial charge in [-0.15, -0.1) is 0 Å². The topological polar surface area (TPSA) is 60.7 Å². The quantitative estimate of drug-likeness (QED) is 0.568. The number of hydrogen-bond donors (Lipinski definition) is 0. The van der Waals surface area contributed by atoms with E-state index in [-0.39, 0.29) is 5.56 Å². The van der Waals surface area contributed by atoms with Gasteiger partial charge in [-0.05, 0) is 6.92 Å². The average Bonchev–Trinajstić information content (AvgIpc) is 2.12. The minimum Gasteiger partial charge on any atom is -0.302 e. The molecule has 0 unspecified atom stereocenters. The first-order valence-corrected chi connectivity index (χ1v) is 3.84. The molecule has 2 heterocycles. The number of hydrogen-bond acceptors (Lipinski definition) is 4. The van der Waals surface area contributed by atoms with Gasteiger partial charge in [-0.2, -0.15) is 10.2 Å². The highest BCUT2D eigenvalue weighted by Crippen LogP contribution is 2.05. The molecule has 0 aromatic carbocycles. The van der Waals surface area contributed by atoms with E-state index in [0.717, 1.165) is 0 Å². The van der Waals surface area contributed by atoms with Gasteiger partial charge in [0.15, 0.2) is 0 Å². The van der Waals surface area contributed by atoms with E-state index in [1.165, 1.54) is 17.1 Å². The number of aromatic nitrogens is 4. The highest BCUT2D eigenvalue weighted by atomic mass is 16.1. The molecule has 0 bridgehead atoms. The van der Waals surface area contributed by atoms with Gasteiger partial charge >= 0.3 is 0 Å². The van der Waals surface area contributed by atoms with Crippen LogP contribution in [0, 0.1) is 6.92 Å². The minimum absolute atomic E-state index is 0.0944. The molecule has 13 heavy (non-hydrogen) atoms. The molecule has 0 fully saturated rings. The molecule has 5 heteroatoms. The van der Waals surface area contributed by atoms with Gasteiger partial charge in [0.05, 0.1) is 23.6 Å². The summed E-state index contributed by atoms with van der Waals surface area (Å²) < 4.78 is 1.42. The van der Waals surface area contributed by atoms with Crippen LogP contribution in [0.25, 0.3) is 10.9 Å². The SMILES string of the molecule is Cc1nncc2c(=O)n(C)cnc12. The lowest BCUT2D eigenvalue weighted by molar-refractivity contribution is 0.836. The molecule has 0 aliphatic rings. The van der Waals surface area contributed by atoms with E-state index < -0.39 is 0 Å². The van der Waals surface area contributed by atoms with Crippen molar-refractivity contribution in [3.8, 4) is 0 Å². The van der Waals surface area contributed by atoms with Crippen molar-refractivity contribution in [2.45, 2.75) is 6.92 Å². The van der Waals surface area contributed by atoms with Crippen molar-refractivity contribution in [1.82, 2.24) is 19.7 Å². The molecule has 2 rings (SSSR count). The minimum atomic E-state index is -0.0944. The molecule has 2 aromatic heterocycles. The molecule has 0 N–H and O–H groups in total. The van der Waals surface area contributed by atoms with Crippen molar-refractivity contribution >= 4 is 10.9 Å². The molecule has 66 valence electrons. The fourth-order valence-electron chi connectivity index (χ4n) is 1.18. The molecule has 0 aliphatic heterocycles. The Kier molecular flexibility index (Phi) is 1.58. The molecule has 0 atom stereocenters. The van der Waals surface area contributed by atoms with Crippen LogP contribution in [0.2, 0.25) is 0 Å².